The number of hydrogen-bond acceptors (Lipinski definition) is 6. The molecule has 0 saturated heterocycles. The van der Waals surface area contributed by atoms with E-state index in [1.165, 1.54) is 18.3 Å². The van der Waals surface area contributed by atoms with Crippen molar-refractivity contribution in [1.29, 1.82) is 0 Å². The van der Waals surface area contributed by atoms with E-state index in [-0.39, 0.29) is 18.1 Å². The van der Waals surface area contributed by atoms with E-state index in [2.05, 4.69) is 15.8 Å². The molecule has 0 aliphatic carbocycles. The average molecular weight is 396 g/mol. The van der Waals surface area contributed by atoms with Gasteiger partial charge in [0.1, 0.15) is 12.4 Å². The van der Waals surface area contributed by atoms with Gasteiger partial charge in [-0.3, -0.25) is 9.59 Å². The number of aromatic carboxylic acids is 1. The predicted octanol–water partition coefficient (Wildman–Crippen LogP) is 0.851. The zero-order chi connectivity index (χ0) is 21.2. The van der Waals surface area contributed by atoms with E-state index >= 15 is 0 Å². The molecule has 0 unspecified atom stereocenters. The summed E-state index contributed by atoms with van der Waals surface area (Å²) in [5.74, 6) is -2.00. The number of carboxylic acids is 1. The van der Waals surface area contributed by atoms with Crippen LogP contribution >= 0.6 is 0 Å². The van der Waals surface area contributed by atoms with Crippen LogP contribution in [0, 0.1) is 5.92 Å². The molecule has 2 aromatic carbocycles. The Bertz CT molecular complexity index is 891. The second-order valence-corrected chi connectivity index (χ2v) is 6.65. The average Bonchev–Trinajstić information content (AvgIpc) is 2.71. The Morgan fingerprint density at radius 1 is 1.10 bits per heavy atom. The molecule has 0 heterocycles. The monoisotopic (exact) mass is 396 g/mol. The molecular weight excluding hydrogens is 374 g/mol. The number of hydrazone groups is 1. The van der Waals surface area contributed by atoms with Gasteiger partial charge in [-0.2, -0.15) is 5.10 Å². The number of carbonyl (C=O) groups is 3. The van der Waals surface area contributed by atoms with Crippen LogP contribution in [0.4, 0.5) is 0 Å². The van der Waals surface area contributed by atoms with E-state index < -0.39 is 17.8 Å². The number of carboxylic acid groups (broad SMARTS) is 1. The summed E-state index contributed by atoms with van der Waals surface area (Å²) in [5, 5.41) is 17.0. The van der Waals surface area contributed by atoms with Gasteiger partial charge in [0, 0.05) is 6.54 Å². The minimum absolute atomic E-state index is 0.104. The third-order valence-corrected chi connectivity index (χ3v) is 3.71. The number of carbonyl (C=O) groups excluding carboxylic acids is 3. The van der Waals surface area contributed by atoms with Crippen LogP contribution in [0.5, 0.6) is 5.75 Å². The fourth-order valence-corrected chi connectivity index (χ4v) is 2.18. The fourth-order valence-electron chi connectivity index (χ4n) is 2.18. The third kappa shape index (κ3) is 7.45. The van der Waals surface area contributed by atoms with Crippen molar-refractivity contribution in [2.24, 2.45) is 11.0 Å². The minimum atomic E-state index is -1.23. The van der Waals surface area contributed by atoms with Gasteiger partial charge in [-0.15, -0.1) is 0 Å². The summed E-state index contributed by atoms with van der Waals surface area (Å²) < 4.78 is 5.68. The van der Waals surface area contributed by atoms with Gasteiger partial charge >= 0.3 is 11.8 Å². The van der Waals surface area contributed by atoms with Gasteiger partial charge in [0.25, 0.3) is 0 Å². The van der Waals surface area contributed by atoms with Crippen molar-refractivity contribution in [2.45, 2.75) is 20.5 Å². The number of hydrogen-bond donors (Lipinski definition) is 2. The molecule has 0 radical (unpaired) electrons. The normalized spacial score (nSPS) is 10.7. The molecule has 29 heavy (non-hydrogen) atoms. The van der Waals surface area contributed by atoms with Crippen LogP contribution in [0.15, 0.2) is 53.6 Å². The highest BCUT2D eigenvalue weighted by atomic mass is 16.5. The molecular formula is C21H22N3O5-. The molecule has 0 bridgehead atoms. The van der Waals surface area contributed by atoms with Crippen LogP contribution in [0.3, 0.4) is 0 Å². The van der Waals surface area contributed by atoms with Crippen molar-refractivity contribution < 1.29 is 24.2 Å². The molecule has 2 N–H and O–H groups in total. The molecule has 0 spiro atoms. The number of amides is 2. The summed E-state index contributed by atoms with van der Waals surface area (Å²) in [4.78, 5) is 34.0. The topological polar surface area (TPSA) is 120 Å². The molecule has 8 nitrogen and oxygen atoms in total. The van der Waals surface area contributed by atoms with Gasteiger partial charge in [0.05, 0.1) is 12.2 Å². The lowest BCUT2D eigenvalue weighted by molar-refractivity contribution is -0.255. The van der Waals surface area contributed by atoms with E-state index in [9.17, 15) is 19.5 Å². The Kier molecular flexibility index (Phi) is 7.90. The second-order valence-electron chi connectivity index (χ2n) is 6.65. The lowest BCUT2D eigenvalue weighted by Gasteiger charge is -2.08. The van der Waals surface area contributed by atoms with Crippen molar-refractivity contribution >= 4 is 24.0 Å². The highest BCUT2D eigenvalue weighted by Gasteiger charge is 2.12. The number of benzene rings is 2. The van der Waals surface area contributed by atoms with Gasteiger partial charge in [-0.25, -0.2) is 5.43 Å². The molecule has 2 amide bonds. The zero-order valence-corrected chi connectivity index (χ0v) is 16.2. The van der Waals surface area contributed by atoms with E-state index in [1.54, 1.807) is 36.4 Å². The van der Waals surface area contributed by atoms with E-state index in [0.717, 1.165) is 5.56 Å². The first-order chi connectivity index (χ1) is 13.8. The second kappa shape index (κ2) is 10.6. The quantitative estimate of drug-likeness (QED) is 0.389. The predicted molar refractivity (Wildman–Crippen MR) is 105 cm³/mol. The Morgan fingerprint density at radius 3 is 2.48 bits per heavy atom. The van der Waals surface area contributed by atoms with Gasteiger partial charge in [0.2, 0.25) is 0 Å². The largest absolute Gasteiger partial charge is 0.545 e. The highest BCUT2D eigenvalue weighted by molar-refractivity contribution is 6.35. The Morgan fingerprint density at radius 2 is 1.83 bits per heavy atom. The molecule has 0 saturated carbocycles. The first kappa shape index (κ1) is 21.6. The SMILES string of the molecule is CC(C)CNC(=O)C(=O)N/N=C\c1cccc(OCc2ccc(C(=O)[O-])cc2)c1. The maximum absolute atomic E-state index is 11.6. The van der Waals surface area contributed by atoms with Crippen molar-refractivity contribution in [3.05, 3.63) is 65.2 Å². The van der Waals surface area contributed by atoms with Gasteiger partial charge < -0.3 is 20.0 Å². The number of ether oxygens (including phenoxy) is 1. The van der Waals surface area contributed by atoms with Crippen LogP contribution in [0.2, 0.25) is 0 Å². The Labute approximate surface area is 168 Å². The summed E-state index contributed by atoms with van der Waals surface area (Å²) in [6.45, 7) is 4.51. The molecule has 2 rings (SSSR count). The maximum Gasteiger partial charge on any atom is 0.329 e. The standard InChI is InChI=1S/C21H23N3O5/c1-14(2)11-22-19(25)20(26)24-23-12-16-4-3-5-18(10-16)29-13-15-6-8-17(9-7-15)21(27)28/h3-10,12,14H,11,13H2,1-2H3,(H,22,25)(H,24,26)(H,27,28)/p-1/b23-12-. The molecule has 152 valence electrons. The van der Waals surface area contributed by atoms with Crippen LogP contribution in [0.1, 0.15) is 35.3 Å². The van der Waals surface area contributed by atoms with Gasteiger partial charge in [-0.1, -0.05) is 50.2 Å². The Hall–Kier alpha value is -3.68. The number of nitrogens with one attached hydrogen (secondary N) is 2. The lowest BCUT2D eigenvalue weighted by atomic mass is 10.1. The molecule has 0 aliphatic heterocycles. The molecule has 0 aromatic heterocycles. The summed E-state index contributed by atoms with van der Waals surface area (Å²) in [5.41, 5.74) is 3.74. The summed E-state index contributed by atoms with van der Waals surface area (Å²) in [7, 11) is 0. The summed E-state index contributed by atoms with van der Waals surface area (Å²) in [6, 6.07) is 13.2. The zero-order valence-electron chi connectivity index (χ0n) is 16.2. The number of rotatable bonds is 8. The maximum atomic E-state index is 11.6. The van der Waals surface area contributed by atoms with E-state index in [4.69, 9.17) is 4.74 Å². The smallest absolute Gasteiger partial charge is 0.329 e. The lowest BCUT2D eigenvalue weighted by Crippen LogP contribution is -2.39. The summed E-state index contributed by atoms with van der Waals surface area (Å²) >= 11 is 0. The first-order valence-electron chi connectivity index (χ1n) is 8.99. The molecule has 2 aromatic rings. The van der Waals surface area contributed by atoms with E-state index in [0.29, 0.717) is 17.9 Å². The van der Waals surface area contributed by atoms with Gasteiger partial charge in [-0.05, 0) is 34.7 Å². The minimum Gasteiger partial charge on any atom is -0.545 e. The summed E-state index contributed by atoms with van der Waals surface area (Å²) in [6.07, 6.45) is 1.40. The van der Waals surface area contributed by atoms with Crippen molar-refractivity contribution in [1.82, 2.24) is 10.7 Å². The van der Waals surface area contributed by atoms with Crippen LogP contribution < -0.4 is 20.6 Å². The van der Waals surface area contributed by atoms with Gasteiger partial charge in [0.15, 0.2) is 0 Å². The molecule has 0 fully saturated rings. The number of nitrogens with zero attached hydrogens (tertiary/aromatic N) is 1. The molecule has 0 atom stereocenters. The van der Waals surface area contributed by atoms with E-state index in [1.807, 2.05) is 13.8 Å². The molecule has 8 heteroatoms. The fraction of sp³-hybridized carbons (Fsp3) is 0.238. The van der Waals surface area contributed by atoms with Crippen molar-refractivity contribution in [2.75, 3.05) is 6.54 Å². The van der Waals surface area contributed by atoms with Crippen LogP contribution in [0.25, 0.3) is 0 Å². The van der Waals surface area contributed by atoms with Crippen molar-refractivity contribution in [3.63, 3.8) is 0 Å². The van der Waals surface area contributed by atoms with Crippen molar-refractivity contribution in [3.8, 4) is 5.75 Å². The first-order valence-corrected chi connectivity index (χ1v) is 8.99. The molecule has 0 aliphatic rings. The van der Waals surface area contributed by atoms with Crippen LogP contribution in [-0.4, -0.2) is 30.5 Å². The third-order valence-electron chi connectivity index (χ3n) is 3.71. The van der Waals surface area contributed by atoms with Crippen LogP contribution in [-0.2, 0) is 16.2 Å². The Balaban J connectivity index is 1.87. The highest BCUT2D eigenvalue weighted by Crippen LogP contribution is 2.14.